The van der Waals surface area contributed by atoms with Crippen molar-refractivity contribution in [3.63, 3.8) is 0 Å². The molecular formula is C63H106FIO7. The average Bonchev–Trinajstić information content (AvgIpc) is 4.27. The molecule has 18 unspecified atom stereocenters. The van der Waals surface area contributed by atoms with Crippen LogP contribution in [0.25, 0.3) is 0 Å². The first kappa shape index (κ1) is 66.0. The van der Waals surface area contributed by atoms with Crippen molar-refractivity contribution < 1.29 is 36.5 Å². The largest absolute Gasteiger partial charge is 0.457 e. The number of epoxide rings is 2. The minimum atomic E-state index is -0.470. The highest BCUT2D eigenvalue weighted by atomic mass is 127. The van der Waals surface area contributed by atoms with Gasteiger partial charge < -0.3 is 24.1 Å². The zero-order chi connectivity index (χ0) is 54.7. The highest BCUT2D eigenvalue weighted by Gasteiger charge is 2.47. The Balaban J connectivity index is 0.000000477. The fraction of sp³-hybridized carbons (Fsp3) is 0.778. The first-order valence-corrected chi connectivity index (χ1v) is 29.1. The van der Waals surface area contributed by atoms with Crippen molar-refractivity contribution in [2.75, 3.05) is 0 Å². The van der Waals surface area contributed by atoms with Crippen molar-refractivity contribution in [2.45, 2.75) is 238 Å². The summed E-state index contributed by atoms with van der Waals surface area (Å²) >= 11 is 0.650. The van der Waals surface area contributed by atoms with Gasteiger partial charge in [0.1, 0.15) is 12.2 Å². The van der Waals surface area contributed by atoms with Crippen LogP contribution in [0.2, 0.25) is 0 Å². The minimum absolute atomic E-state index is 0.0177. The number of ether oxygens (including phenoxy) is 4. The van der Waals surface area contributed by atoms with E-state index in [4.69, 9.17) is 18.9 Å². The van der Waals surface area contributed by atoms with E-state index >= 15 is 0 Å². The number of hydrogen-bond donors (Lipinski definition) is 1. The first-order chi connectivity index (χ1) is 33.7. The maximum absolute atomic E-state index is 12.7. The molecule has 72 heavy (non-hydrogen) atoms. The Morgan fingerprint density at radius 3 is 1.38 bits per heavy atom. The van der Waals surface area contributed by atoms with Gasteiger partial charge in [-0.05, 0) is 128 Å². The molecule has 4 aliphatic rings. The molecule has 9 heteroatoms. The van der Waals surface area contributed by atoms with Crippen LogP contribution in [0, 0.1) is 75.9 Å². The quantitative estimate of drug-likeness (QED) is 0.0540. The molecule has 0 bridgehead atoms. The van der Waals surface area contributed by atoms with Crippen LogP contribution in [0.3, 0.4) is 0 Å². The normalized spacial score (nSPS) is 35.2. The second kappa shape index (κ2) is 31.8. The lowest BCUT2D eigenvalue weighted by Gasteiger charge is -2.26. The summed E-state index contributed by atoms with van der Waals surface area (Å²) in [5.41, 5.74) is 2.19. The van der Waals surface area contributed by atoms with Crippen LogP contribution in [0.1, 0.15) is 196 Å². The lowest BCUT2D eigenvalue weighted by molar-refractivity contribution is -0.150. The molecule has 7 nitrogen and oxygen atoms in total. The molecule has 2 saturated heterocycles. The van der Waals surface area contributed by atoms with E-state index in [1.165, 1.54) is 12.8 Å². The second-order valence-electron chi connectivity index (χ2n) is 25.1. The van der Waals surface area contributed by atoms with E-state index < -0.39 is 6.10 Å². The molecular weight excluding hydrogens is 1010 g/mol. The summed E-state index contributed by atoms with van der Waals surface area (Å²) in [6.07, 6.45) is 31.3. The molecule has 0 saturated carbocycles. The Bertz CT molecular complexity index is 1670. The molecule has 4 aliphatic heterocycles. The molecule has 0 aromatic carbocycles. The monoisotopic (exact) mass is 1120 g/mol. The topological polar surface area (TPSA) is 97.9 Å². The van der Waals surface area contributed by atoms with Gasteiger partial charge in [-0.15, -0.1) is 0 Å². The van der Waals surface area contributed by atoms with Crippen LogP contribution < -0.4 is 0 Å². The molecule has 0 aromatic rings. The van der Waals surface area contributed by atoms with Gasteiger partial charge in [0, 0.05) is 24.7 Å². The summed E-state index contributed by atoms with van der Waals surface area (Å²) in [6, 6.07) is 0. The van der Waals surface area contributed by atoms with Gasteiger partial charge in [-0.1, -0.05) is 191 Å². The Kier molecular flexibility index (Phi) is 29.2. The smallest absolute Gasteiger partial charge is 0.306 e. The molecule has 18 atom stereocenters. The number of carbonyl (C=O) groups excluding carboxylic acids is 2. The van der Waals surface area contributed by atoms with Crippen LogP contribution in [0.4, 0.5) is 2.86 Å². The van der Waals surface area contributed by atoms with Crippen LogP contribution >= 0.6 is 23.2 Å². The van der Waals surface area contributed by atoms with Gasteiger partial charge in [0.15, 0.2) is 23.2 Å². The number of aliphatic hydroxyl groups is 1. The summed E-state index contributed by atoms with van der Waals surface area (Å²) in [5, 5.41) is 10.5. The molecule has 4 heterocycles. The van der Waals surface area contributed by atoms with Gasteiger partial charge in [0.25, 0.3) is 0 Å². The van der Waals surface area contributed by atoms with Gasteiger partial charge in [-0.25, -0.2) is 0 Å². The third kappa shape index (κ3) is 23.4. The van der Waals surface area contributed by atoms with E-state index in [1.54, 1.807) is 0 Å². The summed E-state index contributed by atoms with van der Waals surface area (Å²) < 4.78 is 33.6. The van der Waals surface area contributed by atoms with Crippen molar-refractivity contribution in [3.8, 4) is 0 Å². The lowest BCUT2D eigenvalue weighted by Crippen LogP contribution is -2.27. The minimum Gasteiger partial charge on any atom is -0.457 e. The van der Waals surface area contributed by atoms with E-state index in [0.717, 1.165) is 49.7 Å². The number of esters is 2. The van der Waals surface area contributed by atoms with Gasteiger partial charge in [-0.2, -0.15) is 2.86 Å². The molecule has 0 radical (unpaired) electrons. The summed E-state index contributed by atoms with van der Waals surface area (Å²) in [5.74, 6) is 4.46. The zero-order valence-corrected chi connectivity index (χ0v) is 51.0. The number of halogens is 2. The molecule has 2 fully saturated rings. The number of hydrogen-bond acceptors (Lipinski definition) is 7. The second-order valence-corrected chi connectivity index (χ2v) is 25.1. The third-order valence-electron chi connectivity index (χ3n) is 17.1. The van der Waals surface area contributed by atoms with Crippen molar-refractivity contribution in [1.82, 2.24) is 0 Å². The fourth-order valence-electron chi connectivity index (χ4n) is 10.4. The van der Waals surface area contributed by atoms with E-state index in [-0.39, 0.29) is 58.6 Å². The van der Waals surface area contributed by atoms with Gasteiger partial charge >= 0.3 is 11.9 Å². The van der Waals surface area contributed by atoms with Crippen LogP contribution in [-0.4, -0.2) is 59.8 Å². The maximum Gasteiger partial charge on any atom is 0.306 e. The highest BCUT2D eigenvalue weighted by Crippen LogP contribution is 2.43. The summed E-state index contributed by atoms with van der Waals surface area (Å²) in [4.78, 5) is 25.4. The Labute approximate surface area is 455 Å². The highest BCUT2D eigenvalue weighted by molar-refractivity contribution is 14.1. The molecule has 0 aromatic heterocycles. The Morgan fingerprint density at radius 2 is 0.986 bits per heavy atom. The number of rotatable bonds is 16. The van der Waals surface area contributed by atoms with Crippen LogP contribution in [0.5, 0.6) is 0 Å². The molecule has 0 spiro atoms. The van der Waals surface area contributed by atoms with Crippen molar-refractivity contribution in [3.05, 3.63) is 71.9 Å². The van der Waals surface area contributed by atoms with Crippen LogP contribution in [-0.2, 0) is 28.5 Å². The number of cyclic esters (lactones) is 2. The molecule has 1 N–H and O–H groups in total. The Morgan fingerprint density at radius 1 is 0.625 bits per heavy atom. The van der Waals surface area contributed by atoms with Crippen molar-refractivity contribution in [2.24, 2.45) is 75.9 Å². The number of aliphatic hydroxyl groups excluding tert-OH is 1. The predicted octanol–water partition coefficient (Wildman–Crippen LogP) is 17.1. The van der Waals surface area contributed by atoms with Crippen molar-refractivity contribution >= 4 is 35.1 Å². The van der Waals surface area contributed by atoms with Crippen LogP contribution in [0.15, 0.2) is 71.9 Å². The van der Waals surface area contributed by atoms with Crippen molar-refractivity contribution in [1.29, 1.82) is 0 Å². The van der Waals surface area contributed by atoms with E-state index in [1.807, 2.05) is 19.1 Å². The summed E-state index contributed by atoms with van der Waals surface area (Å²) in [7, 11) is 0. The SMILES string of the molecule is CCC(C)C(C)C1OC1CC(C)(C)/C=C/C=C(\C)C1OC(=O)CC(C)CCC(C)C(C)/C=C/C1C.CCC(C)C(C)C1OC1CC(C)(C)/C=C/C=C(\C)C1OC(=O)CC(C)CCC(C)C(O)/C=C/C1C.FI. The van der Waals surface area contributed by atoms with E-state index in [0.29, 0.717) is 102 Å². The van der Waals surface area contributed by atoms with Gasteiger partial charge in [-0.3, -0.25) is 9.59 Å². The third-order valence-corrected chi connectivity index (χ3v) is 17.1. The zero-order valence-electron chi connectivity index (χ0n) is 48.9. The lowest BCUT2D eigenvalue weighted by atomic mass is 9.83. The Hall–Kier alpha value is -2.08. The fourth-order valence-corrected chi connectivity index (χ4v) is 10.4. The molecule has 4 rings (SSSR count). The van der Waals surface area contributed by atoms with E-state index in [2.05, 4.69) is 173 Å². The first-order valence-electron chi connectivity index (χ1n) is 28.3. The molecule has 414 valence electrons. The van der Waals surface area contributed by atoms with Gasteiger partial charge in [0.2, 0.25) is 0 Å². The molecule has 0 amide bonds. The molecule has 0 aliphatic carbocycles. The average molecular weight is 1120 g/mol. The summed E-state index contributed by atoms with van der Waals surface area (Å²) in [6.45, 7) is 42.2. The number of allylic oxidation sites excluding steroid dienone is 7. The number of carbonyl (C=O) groups is 2. The predicted molar refractivity (Wildman–Crippen MR) is 308 cm³/mol. The standard InChI is InChI=1S/C32H54O3.C31H52O4.FI/c1-11-22(3)27(8)31-28(34-31)20-32(9,10)18-12-13-25(6)30-26(7)17-16-24(5)23(4)15-14-21(2)19-29(33)35-30;1-10-21(3)25(7)30-27(34-30)19-31(8,9)17-11-12-23(5)29-24(6)15-16-26(32)22(4)14-13-20(2)18-28(33)35-29;1-2/h12-13,16-18,21-24,26-28,30-31H,11,14-15,19-20H2,1-10H3;11-12,15-17,20-22,24-27,29-30,32H,10,13-14,18-19H2,1-9H3;/b17-16+,18-12+,25-13+;16-15+,17-11+,23-12+;. The maximum atomic E-state index is 12.7. The van der Waals surface area contributed by atoms with Gasteiger partial charge in [0.05, 0.1) is 30.5 Å². The van der Waals surface area contributed by atoms with E-state index in [9.17, 15) is 17.6 Å².